The molecule has 0 unspecified atom stereocenters. The van der Waals surface area contributed by atoms with Crippen LogP contribution >= 0.6 is 11.6 Å². The minimum atomic E-state index is -2.26. The van der Waals surface area contributed by atoms with E-state index < -0.39 is 40.7 Å². The third kappa shape index (κ3) is 7.64. The number of rotatable bonds is 9. The van der Waals surface area contributed by atoms with Crippen LogP contribution in [-0.4, -0.2) is 55.6 Å². The fourth-order valence-corrected chi connectivity index (χ4v) is 7.10. The Bertz CT molecular complexity index is 1560. The number of nitrogens with one attached hydrogen (secondary N) is 1. The van der Waals surface area contributed by atoms with Crippen molar-refractivity contribution in [1.82, 2.24) is 14.5 Å². The van der Waals surface area contributed by atoms with Gasteiger partial charge >= 0.3 is 6.09 Å². The third-order valence-electron chi connectivity index (χ3n) is 9.51. The number of ether oxygens (including phenoxy) is 2. The minimum absolute atomic E-state index is 0.00742. The predicted octanol–water partition coefficient (Wildman–Crippen LogP) is 8.54. The minimum Gasteiger partial charge on any atom is -0.444 e. The fraction of sp³-hybridized carbons (Fsp3) is 0.545. The number of hydrogen-bond acceptors (Lipinski definition) is 7. The van der Waals surface area contributed by atoms with Gasteiger partial charge in [-0.3, -0.25) is 5.32 Å². The van der Waals surface area contributed by atoms with Gasteiger partial charge in [-0.2, -0.15) is 9.97 Å². The average molecular weight is 671 g/mol. The van der Waals surface area contributed by atoms with E-state index in [1.807, 2.05) is 47.2 Å². The number of halogens is 1. The summed E-state index contributed by atoms with van der Waals surface area (Å²) in [7, 11) is -4.43. The number of hydrogen-bond donors (Lipinski definition) is 1. The van der Waals surface area contributed by atoms with Crippen molar-refractivity contribution in [3.63, 3.8) is 0 Å². The second-order valence-corrected chi connectivity index (χ2v) is 24.6. The van der Waals surface area contributed by atoms with Crippen molar-refractivity contribution in [1.29, 1.82) is 0 Å². The lowest BCUT2D eigenvalue weighted by atomic mass is 9.99. The van der Waals surface area contributed by atoms with Gasteiger partial charge in [0.15, 0.2) is 22.2 Å². The number of aromatic nitrogens is 3. The van der Waals surface area contributed by atoms with Gasteiger partial charge in [-0.25, -0.2) is 4.79 Å². The van der Waals surface area contributed by atoms with E-state index in [1.165, 1.54) is 0 Å². The number of carbonyl (C=O) groups excluding carboxylic acids is 1. The lowest BCUT2D eigenvalue weighted by molar-refractivity contribution is -0.0836. The summed E-state index contributed by atoms with van der Waals surface area (Å²) in [6.45, 7) is 22.3. The predicted molar refractivity (Wildman–Crippen MR) is 184 cm³/mol. The van der Waals surface area contributed by atoms with Crippen LogP contribution in [-0.2, 0) is 24.9 Å². The first-order valence-electron chi connectivity index (χ1n) is 15.3. The molecular formula is C33H47ClN4O5Si2. The Hall–Kier alpha value is -2.73. The molecule has 1 aromatic carbocycles. The number of carbonyl (C=O) groups is 1. The number of fused-ring (bicyclic) bond motifs is 1. The molecule has 3 heterocycles. The van der Waals surface area contributed by atoms with Gasteiger partial charge in [-0.15, -0.1) is 6.42 Å². The first-order chi connectivity index (χ1) is 20.8. The number of benzene rings is 1. The summed E-state index contributed by atoms with van der Waals surface area (Å²) in [5, 5.41) is 3.22. The Kier molecular flexibility index (Phi) is 10.0. The highest BCUT2D eigenvalue weighted by Crippen LogP contribution is 2.47. The van der Waals surface area contributed by atoms with E-state index in [2.05, 4.69) is 88.9 Å². The van der Waals surface area contributed by atoms with Crippen LogP contribution in [0.2, 0.25) is 41.5 Å². The molecule has 0 aliphatic carbocycles. The number of terminal acetylenes is 1. The van der Waals surface area contributed by atoms with Crippen molar-refractivity contribution >= 4 is 51.2 Å². The lowest BCUT2D eigenvalue weighted by Crippen LogP contribution is -2.54. The molecule has 0 saturated carbocycles. The van der Waals surface area contributed by atoms with E-state index in [9.17, 15) is 4.79 Å². The van der Waals surface area contributed by atoms with Crippen LogP contribution in [0.1, 0.15) is 59.8 Å². The summed E-state index contributed by atoms with van der Waals surface area (Å²) in [4.78, 5) is 21.5. The van der Waals surface area contributed by atoms with Crippen molar-refractivity contribution < 1.29 is 23.1 Å². The Labute approximate surface area is 274 Å². The molecule has 0 spiro atoms. The SMILES string of the molecule is C#C[C@]1(CO[Si](C)(C)C(C)(C)C)O[C@@H](n2ccc3c(NC(=O)OCc4ccccc4)nc(Cl)nc32)C[C@@H]1O[Si](C)(C)C(C)(C)C. The normalized spacial score (nSPS) is 21.1. The van der Waals surface area contributed by atoms with Crippen molar-refractivity contribution in [2.75, 3.05) is 11.9 Å². The van der Waals surface area contributed by atoms with Crippen molar-refractivity contribution in [3.05, 3.63) is 53.4 Å². The summed E-state index contributed by atoms with van der Waals surface area (Å²) >= 11 is 6.37. The van der Waals surface area contributed by atoms with Gasteiger partial charge in [0.1, 0.15) is 24.3 Å². The molecule has 9 nitrogen and oxygen atoms in total. The summed E-state index contributed by atoms with van der Waals surface area (Å²) < 4.78 is 27.7. The molecular weight excluding hydrogens is 624 g/mol. The molecule has 1 amide bonds. The highest BCUT2D eigenvalue weighted by molar-refractivity contribution is 6.74. The summed E-state index contributed by atoms with van der Waals surface area (Å²) in [6.07, 6.45) is 7.02. The van der Waals surface area contributed by atoms with Crippen LogP contribution in [0.3, 0.4) is 0 Å². The van der Waals surface area contributed by atoms with Crippen LogP contribution in [0.4, 0.5) is 10.6 Å². The highest BCUT2D eigenvalue weighted by atomic mass is 35.5. The van der Waals surface area contributed by atoms with Gasteiger partial charge in [-0.05, 0) is 59.5 Å². The second kappa shape index (κ2) is 12.8. The molecule has 12 heteroatoms. The molecule has 1 saturated heterocycles. The van der Waals surface area contributed by atoms with Crippen LogP contribution in [0.25, 0.3) is 11.0 Å². The third-order valence-corrected chi connectivity index (χ3v) is 18.6. The molecule has 45 heavy (non-hydrogen) atoms. The van der Waals surface area contributed by atoms with Gasteiger partial charge in [0.2, 0.25) is 5.28 Å². The monoisotopic (exact) mass is 670 g/mol. The van der Waals surface area contributed by atoms with Crippen LogP contribution < -0.4 is 5.32 Å². The van der Waals surface area contributed by atoms with Crippen molar-refractivity contribution in [3.8, 4) is 12.3 Å². The van der Waals surface area contributed by atoms with Crippen molar-refractivity contribution in [2.45, 2.75) is 109 Å². The molecule has 1 N–H and O–H groups in total. The molecule has 244 valence electrons. The standard InChI is InChI=1S/C33H47ClN4O5Si2/c1-12-33(22-41-44(8,9)31(2,3)4)25(43-45(10,11)32(5,6)7)20-26(42-33)38-19-18-24-27(35-29(34)37-28(24)38)36-30(39)40-21-23-16-14-13-15-17-23/h1,13-19,25-26H,20-22H2,2-11H3,(H,35,36,37,39)/t25-,26+,33+/m0/s1. The summed E-state index contributed by atoms with van der Waals surface area (Å²) in [5.74, 6) is 3.20. The molecule has 3 atom stereocenters. The highest BCUT2D eigenvalue weighted by Gasteiger charge is 2.54. The van der Waals surface area contributed by atoms with E-state index in [0.29, 0.717) is 17.5 Å². The van der Waals surface area contributed by atoms with Crippen LogP contribution in [0.5, 0.6) is 0 Å². The van der Waals surface area contributed by atoms with E-state index in [4.69, 9.17) is 36.4 Å². The zero-order chi connectivity index (χ0) is 33.4. The Morgan fingerprint density at radius 1 is 1.09 bits per heavy atom. The van der Waals surface area contributed by atoms with Gasteiger partial charge in [0, 0.05) is 12.6 Å². The smallest absolute Gasteiger partial charge is 0.413 e. The van der Waals surface area contributed by atoms with Gasteiger partial charge < -0.3 is 22.9 Å². The summed E-state index contributed by atoms with van der Waals surface area (Å²) in [6, 6.07) is 11.2. The first kappa shape index (κ1) is 35.1. The number of anilines is 1. The molecule has 0 bridgehead atoms. The average Bonchev–Trinajstić information content (AvgIpc) is 3.51. The Morgan fingerprint density at radius 3 is 2.33 bits per heavy atom. The number of amides is 1. The molecule has 4 rings (SSSR count). The Balaban J connectivity index is 1.65. The maximum Gasteiger partial charge on any atom is 0.413 e. The van der Waals surface area contributed by atoms with Crippen LogP contribution in [0.15, 0.2) is 42.6 Å². The largest absolute Gasteiger partial charge is 0.444 e. The second-order valence-electron chi connectivity index (χ2n) is 14.7. The topological polar surface area (TPSA) is 96.7 Å². The molecule has 1 aliphatic rings. The quantitative estimate of drug-likeness (QED) is 0.138. The zero-order valence-corrected chi connectivity index (χ0v) is 30.9. The lowest BCUT2D eigenvalue weighted by Gasteiger charge is -2.43. The van der Waals surface area contributed by atoms with Crippen molar-refractivity contribution in [2.24, 2.45) is 0 Å². The summed E-state index contributed by atoms with van der Waals surface area (Å²) in [5.41, 5.74) is 0.237. The fourth-order valence-electron chi connectivity index (χ4n) is 4.58. The molecule has 1 fully saturated rings. The maximum absolute atomic E-state index is 12.7. The first-order valence-corrected chi connectivity index (χ1v) is 21.5. The number of nitrogens with zero attached hydrogens (tertiary/aromatic N) is 3. The zero-order valence-electron chi connectivity index (χ0n) is 28.2. The van der Waals surface area contributed by atoms with E-state index in [1.54, 1.807) is 0 Å². The van der Waals surface area contributed by atoms with Crippen LogP contribution in [0, 0.1) is 12.3 Å². The molecule has 0 radical (unpaired) electrons. The van der Waals surface area contributed by atoms with Gasteiger partial charge in [0.05, 0.1) is 18.1 Å². The van der Waals surface area contributed by atoms with Gasteiger partial charge in [-0.1, -0.05) is 77.8 Å². The molecule has 2 aromatic heterocycles. The van der Waals surface area contributed by atoms with E-state index in [0.717, 1.165) is 5.56 Å². The van der Waals surface area contributed by atoms with E-state index in [-0.39, 0.29) is 34.4 Å². The maximum atomic E-state index is 12.7. The molecule has 1 aliphatic heterocycles. The van der Waals surface area contributed by atoms with Gasteiger partial charge in [0.25, 0.3) is 0 Å². The molecule has 3 aromatic rings. The Morgan fingerprint density at radius 2 is 1.73 bits per heavy atom. The van der Waals surface area contributed by atoms with E-state index >= 15 is 0 Å².